The van der Waals surface area contributed by atoms with Crippen molar-refractivity contribution >= 4 is 21.9 Å². The maximum Gasteiger partial charge on any atom is 0.303 e. The average Bonchev–Trinajstić information content (AvgIpc) is 2.49. The summed E-state index contributed by atoms with van der Waals surface area (Å²) in [6, 6.07) is 6.03. The molecule has 1 aromatic carbocycles. The Kier molecular flexibility index (Phi) is 2.59. The van der Waals surface area contributed by atoms with Crippen LogP contribution in [0, 0.1) is 0 Å². The lowest BCUT2D eigenvalue weighted by atomic mass is 10.1. The molecule has 1 aliphatic carbocycles. The van der Waals surface area contributed by atoms with Crippen LogP contribution in [-0.2, 0) is 16.0 Å². The van der Waals surface area contributed by atoms with Gasteiger partial charge in [-0.1, -0.05) is 28.1 Å². The maximum atomic E-state index is 10.9. The average molecular weight is 255 g/mol. The molecule has 2 nitrogen and oxygen atoms in total. The smallest absolute Gasteiger partial charge is 0.303 e. The van der Waals surface area contributed by atoms with Crippen LogP contribution in [0.15, 0.2) is 22.7 Å². The van der Waals surface area contributed by atoms with Crippen LogP contribution >= 0.6 is 15.9 Å². The fourth-order valence-corrected chi connectivity index (χ4v) is 2.47. The molecule has 3 heteroatoms. The number of fused-ring (bicyclic) bond motifs is 1. The van der Waals surface area contributed by atoms with Crippen LogP contribution in [-0.4, -0.2) is 5.97 Å². The minimum absolute atomic E-state index is 0.0417. The van der Waals surface area contributed by atoms with Crippen molar-refractivity contribution in [3.05, 3.63) is 33.8 Å². The first-order valence-corrected chi connectivity index (χ1v) is 5.42. The second kappa shape index (κ2) is 3.73. The largest absolute Gasteiger partial charge is 0.458 e. The molecule has 1 aliphatic rings. The van der Waals surface area contributed by atoms with Gasteiger partial charge in [-0.15, -0.1) is 0 Å². The Bertz CT molecular complexity index is 374. The number of esters is 1. The molecule has 1 unspecified atom stereocenters. The number of benzene rings is 1. The SMILES string of the molecule is CC(=O)OC1CCc2c(Br)cccc21. The van der Waals surface area contributed by atoms with Crippen molar-refractivity contribution in [2.45, 2.75) is 25.9 Å². The minimum Gasteiger partial charge on any atom is -0.458 e. The van der Waals surface area contributed by atoms with Gasteiger partial charge in [0, 0.05) is 11.4 Å². The highest BCUT2D eigenvalue weighted by molar-refractivity contribution is 9.10. The van der Waals surface area contributed by atoms with Gasteiger partial charge in [0.1, 0.15) is 6.10 Å². The summed E-state index contributed by atoms with van der Waals surface area (Å²) >= 11 is 3.50. The standard InChI is InChI=1S/C11H11BrO2/c1-7(13)14-11-6-5-8-9(11)3-2-4-10(8)12/h2-4,11H,5-6H2,1H3. The van der Waals surface area contributed by atoms with E-state index in [4.69, 9.17) is 4.74 Å². The Morgan fingerprint density at radius 1 is 1.57 bits per heavy atom. The van der Waals surface area contributed by atoms with E-state index in [0.29, 0.717) is 0 Å². The van der Waals surface area contributed by atoms with E-state index >= 15 is 0 Å². The van der Waals surface area contributed by atoms with E-state index in [1.165, 1.54) is 12.5 Å². The van der Waals surface area contributed by atoms with Gasteiger partial charge in [0.05, 0.1) is 0 Å². The summed E-state index contributed by atoms with van der Waals surface area (Å²) in [5.41, 5.74) is 2.42. The normalized spacial score (nSPS) is 19.1. The molecule has 74 valence electrons. The zero-order valence-corrected chi connectivity index (χ0v) is 9.50. The topological polar surface area (TPSA) is 26.3 Å². The third-order valence-corrected chi connectivity index (χ3v) is 3.21. The van der Waals surface area contributed by atoms with Gasteiger partial charge in [0.25, 0.3) is 0 Å². The molecule has 0 fully saturated rings. The van der Waals surface area contributed by atoms with Gasteiger partial charge in [-0.3, -0.25) is 4.79 Å². The third-order valence-electron chi connectivity index (χ3n) is 2.47. The summed E-state index contributed by atoms with van der Waals surface area (Å²) in [6.45, 7) is 1.45. The van der Waals surface area contributed by atoms with Gasteiger partial charge in [-0.25, -0.2) is 0 Å². The third kappa shape index (κ3) is 1.69. The molecule has 2 rings (SSSR count). The molecule has 1 atom stereocenters. The molecule has 0 saturated carbocycles. The number of carbonyl (C=O) groups is 1. The van der Waals surface area contributed by atoms with Gasteiger partial charge in [-0.05, 0) is 30.0 Å². The molecule has 0 bridgehead atoms. The monoisotopic (exact) mass is 254 g/mol. The molecule has 0 aromatic heterocycles. The molecule has 0 amide bonds. The number of ether oxygens (including phenoxy) is 1. The van der Waals surface area contributed by atoms with Crippen LogP contribution in [0.4, 0.5) is 0 Å². The fourth-order valence-electron chi connectivity index (χ4n) is 1.89. The van der Waals surface area contributed by atoms with Crippen molar-refractivity contribution < 1.29 is 9.53 Å². The summed E-state index contributed by atoms with van der Waals surface area (Å²) in [7, 11) is 0. The molecule has 0 aliphatic heterocycles. The van der Waals surface area contributed by atoms with Crippen molar-refractivity contribution in [3.63, 3.8) is 0 Å². The Balaban J connectivity index is 2.30. The first-order valence-electron chi connectivity index (χ1n) is 4.63. The molecular weight excluding hydrogens is 244 g/mol. The Labute approximate surface area is 91.4 Å². The maximum absolute atomic E-state index is 10.9. The van der Waals surface area contributed by atoms with Crippen LogP contribution in [0.5, 0.6) is 0 Å². The second-order valence-electron chi connectivity index (χ2n) is 3.44. The van der Waals surface area contributed by atoms with Crippen LogP contribution in [0.2, 0.25) is 0 Å². The van der Waals surface area contributed by atoms with E-state index in [-0.39, 0.29) is 12.1 Å². The van der Waals surface area contributed by atoms with Gasteiger partial charge >= 0.3 is 5.97 Å². The Hall–Kier alpha value is -0.830. The summed E-state index contributed by atoms with van der Waals surface area (Å²) in [6.07, 6.45) is 1.84. The van der Waals surface area contributed by atoms with Crippen LogP contribution in [0.3, 0.4) is 0 Å². The predicted octanol–water partition coefficient (Wildman–Crippen LogP) is 3.00. The van der Waals surface area contributed by atoms with Crippen molar-refractivity contribution in [1.29, 1.82) is 0 Å². The molecule has 0 heterocycles. The van der Waals surface area contributed by atoms with Gasteiger partial charge in [0.2, 0.25) is 0 Å². The van der Waals surface area contributed by atoms with E-state index in [2.05, 4.69) is 15.9 Å². The summed E-state index contributed by atoms with van der Waals surface area (Å²) in [4.78, 5) is 10.9. The zero-order chi connectivity index (χ0) is 10.1. The van der Waals surface area contributed by atoms with E-state index in [9.17, 15) is 4.79 Å². The lowest BCUT2D eigenvalue weighted by molar-refractivity contribution is -0.146. The molecule has 1 aromatic rings. The van der Waals surface area contributed by atoms with Crippen molar-refractivity contribution in [2.75, 3.05) is 0 Å². The van der Waals surface area contributed by atoms with Crippen LogP contribution < -0.4 is 0 Å². The quantitative estimate of drug-likeness (QED) is 0.721. The van der Waals surface area contributed by atoms with E-state index in [1.807, 2.05) is 18.2 Å². The second-order valence-corrected chi connectivity index (χ2v) is 4.30. The molecule has 0 radical (unpaired) electrons. The van der Waals surface area contributed by atoms with Crippen LogP contribution in [0.25, 0.3) is 0 Å². The molecule has 14 heavy (non-hydrogen) atoms. The summed E-state index contributed by atoms with van der Waals surface area (Å²) < 4.78 is 6.35. The predicted molar refractivity (Wildman–Crippen MR) is 57.0 cm³/mol. The molecule has 0 N–H and O–H groups in total. The van der Waals surface area contributed by atoms with Crippen molar-refractivity contribution in [2.24, 2.45) is 0 Å². The van der Waals surface area contributed by atoms with Crippen LogP contribution in [0.1, 0.15) is 30.6 Å². The Morgan fingerprint density at radius 3 is 3.07 bits per heavy atom. The minimum atomic E-state index is -0.206. The number of carbonyl (C=O) groups excluding carboxylic acids is 1. The summed E-state index contributed by atoms with van der Waals surface area (Å²) in [5.74, 6) is -0.206. The van der Waals surface area contributed by atoms with Gasteiger partial charge in [-0.2, -0.15) is 0 Å². The van der Waals surface area contributed by atoms with E-state index < -0.39 is 0 Å². The van der Waals surface area contributed by atoms with E-state index in [0.717, 1.165) is 22.9 Å². The first-order chi connectivity index (χ1) is 6.68. The highest BCUT2D eigenvalue weighted by Gasteiger charge is 2.25. The molecular formula is C11H11BrO2. The Morgan fingerprint density at radius 2 is 2.36 bits per heavy atom. The first kappa shape index (κ1) is 9.71. The highest BCUT2D eigenvalue weighted by Crippen LogP contribution is 2.37. The number of hydrogen-bond acceptors (Lipinski definition) is 2. The summed E-state index contributed by atoms with van der Waals surface area (Å²) in [5, 5.41) is 0. The van der Waals surface area contributed by atoms with Crippen molar-refractivity contribution in [3.8, 4) is 0 Å². The zero-order valence-electron chi connectivity index (χ0n) is 7.92. The van der Waals surface area contributed by atoms with E-state index in [1.54, 1.807) is 0 Å². The fraction of sp³-hybridized carbons (Fsp3) is 0.364. The lowest BCUT2D eigenvalue weighted by Crippen LogP contribution is -2.04. The molecule has 0 spiro atoms. The number of hydrogen-bond donors (Lipinski definition) is 0. The van der Waals surface area contributed by atoms with Crippen molar-refractivity contribution in [1.82, 2.24) is 0 Å². The number of rotatable bonds is 1. The highest BCUT2D eigenvalue weighted by atomic mass is 79.9. The number of halogens is 1. The lowest BCUT2D eigenvalue weighted by Gasteiger charge is -2.11. The van der Waals surface area contributed by atoms with Gasteiger partial charge < -0.3 is 4.74 Å². The van der Waals surface area contributed by atoms with Gasteiger partial charge in [0.15, 0.2) is 0 Å². The molecule has 0 saturated heterocycles.